The molecule has 1 N–H and O–H groups in total. The van der Waals surface area contributed by atoms with Crippen LogP contribution in [0.5, 0.6) is 0 Å². The third-order valence-electron chi connectivity index (χ3n) is 3.54. The molecule has 21 heavy (non-hydrogen) atoms. The minimum Gasteiger partial charge on any atom is -0.396 e. The lowest BCUT2D eigenvalue weighted by Crippen LogP contribution is -2.33. The number of nitrogens with zero attached hydrogens (tertiary/aromatic N) is 1. The Kier molecular flexibility index (Phi) is 5.52. The van der Waals surface area contributed by atoms with E-state index in [1.54, 1.807) is 11.9 Å². The Morgan fingerprint density at radius 2 is 1.48 bits per heavy atom. The monoisotopic (exact) mass is 283 g/mol. The van der Waals surface area contributed by atoms with Crippen LogP contribution in [0.2, 0.25) is 0 Å². The zero-order chi connectivity index (χ0) is 15.1. The second-order valence-electron chi connectivity index (χ2n) is 5.09. The van der Waals surface area contributed by atoms with Gasteiger partial charge in [0.1, 0.15) is 0 Å². The largest absolute Gasteiger partial charge is 0.396 e. The molecule has 0 unspecified atom stereocenters. The summed E-state index contributed by atoms with van der Waals surface area (Å²) in [7, 11) is 1.79. The molecule has 3 nitrogen and oxygen atoms in total. The first kappa shape index (κ1) is 15.3. The molecule has 0 aromatic heterocycles. The summed E-state index contributed by atoms with van der Waals surface area (Å²) in [6.07, 6.45) is 0.596. The van der Waals surface area contributed by atoms with Gasteiger partial charge in [0.05, 0.1) is 5.92 Å². The maximum atomic E-state index is 12.8. The van der Waals surface area contributed by atoms with E-state index < -0.39 is 0 Å². The van der Waals surface area contributed by atoms with Crippen LogP contribution in [0.15, 0.2) is 60.7 Å². The second kappa shape index (κ2) is 7.60. The van der Waals surface area contributed by atoms with Gasteiger partial charge >= 0.3 is 0 Å². The van der Waals surface area contributed by atoms with Crippen LogP contribution in [0.4, 0.5) is 0 Å². The van der Waals surface area contributed by atoms with Crippen LogP contribution >= 0.6 is 0 Å². The molecule has 2 rings (SSSR count). The average Bonchev–Trinajstić information content (AvgIpc) is 2.54. The summed E-state index contributed by atoms with van der Waals surface area (Å²) in [5, 5.41) is 8.93. The van der Waals surface area contributed by atoms with Crippen molar-refractivity contribution in [1.82, 2.24) is 4.90 Å². The van der Waals surface area contributed by atoms with Crippen LogP contribution in [-0.2, 0) is 4.79 Å². The van der Waals surface area contributed by atoms with Crippen LogP contribution < -0.4 is 0 Å². The Balaban J connectivity index is 2.31. The van der Waals surface area contributed by atoms with Crippen molar-refractivity contribution in [2.24, 2.45) is 0 Å². The van der Waals surface area contributed by atoms with Crippen LogP contribution in [0.25, 0.3) is 0 Å². The van der Waals surface area contributed by atoms with Crippen molar-refractivity contribution in [3.05, 3.63) is 71.8 Å². The molecule has 2 aromatic carbocycles. The zero-order valence-electron chi connectivity index (χ0n) is 12.3. The second-order valence-corrected chi connectivity index (χ2v) is 5.09. The number of carbonyl (C=O) groups excluding carboxylic acids is 1. The summed E-state index contributed by atoms with van der Waals surface area (Å²) in [5.41, 5.74) is 1.98. The maximum absolute atomic E-state index is 12.8. The van der Waals surface area contributed by atoms with Crippen molar-refractivity contribution >= 4 is 5.91 Å². The molecular weight excluding hydrogens is 262 g/mol. The molecule has 0 fully saturated rings. The summed E-state index contributed by atoms with van der Waals surface area (Å²) in [4.78, 5) is 14.5. The predicted octanol–water partition coefficient (Wildman–Crippen LogP) is 2.66. The highest BCUT2D eigenvalue weighted by molar-refractivity contribution is 5.87. The van der Waals surface area contributed by atoms with Gasteiger partial charge in [0.15, 0.2) is 0 Å². The lowest BCUT2D eigenvalue weighted by Gasteiger charge is -2.24. The Labute approximate surface area is 125 Å². The number of rotatable bonds is 6. The molecule has 0 radical (unpaired) electrons. The smallest absolute Gasteiger partial charge is 0.234 e. The maximum Gasteiger partial charge on any atom is 0.234 e. The molecule has 0 bridgehead atoms. The third kappa shape index (κ3) is 3.92. The molecule has 1 amide bonds. The normalized spacial score (nSPS) is 10.6. The molecule has 3 heteroatoms. The standard InChI is InChI=1S/C18H21NO2/c1-19(13-8-14-20)18(21)17(15-9-4-2-5-10-15)16-11-6-3-7-12-16/h2-7,9-12,17,20H,8,13-14H2,1H3. The predicted molar refractivity (Wildman–Crippen MR) is 84.1 cm³/mol. The molecule has 0 aliphatic heterocycles. The van der Waals surface area contributed by atoms with Crippen molar-refractivity contribution in [1.29, 1.82) is 0 Å². The van der Waals surface area contributed by atoms with Crippen LogP contribution in [0, 0.1) is 0 Å². The van der Waals surface area contributed by atoms with Crippen molar-refractivity contribution in [2.45, 2.75) is 12.3 Å². The summed E-state index contributed by atoms with van der Waals surface area (Å²) >= 11 is 0. The van der Waals surface area contributed by atoms with Crippen molar-refractivity contribution in [2.75, 3.05) is 20.2 Å². The molecule has 0 saturated heterocycles. The number of hydrogen-bond acceptors (Lipinski definition) is 2. The number of benzene rings is 2. The van der Waals surface area contributed by atoms with Crippen molar-refractivity contribution in [3.8, 4) is 0 Å². The molecule has 0 spiro atoms. The summed E-state index contributed by atoms with van der Waals surface area (Å²) < 4.78 is 0. The van der Waals surface area contributed by atoms with Gasteiger partial charge in [-0.3, -0.25) is 4.79 Å². The van der Waals surface area contributed by atoms with Gasteiger partial charge < -0.3 is 10.0 Å². The fraction of sp³-hybridized carbons (Fsp3) is 0.278. The molecule has 0 aliphatic rings. The Bertz CT molecular complexity index is 514. The highest BCUT2D eigenvalue weighted by Gasteiger charge is 2.25. The number of carbonyl (C=O) groups is 1. The lowest BCUT2D eigenvalue weighted by molar-refractivity contribution is -0.130. The Morgan fingerprint density at radius 3 is 1.90 bits per heavy atom. The minimum absolute atomic E-state index is 0.0563. The molecule has 0 aliphatic carbocycles. The highest BCUT2D eigenvalue weighted by atomic mass is 16.3. The number of aliphatic hydroxyl groups excluding tert-OH is 1. The van der Waals surface area contributed by atoms with E-state index in [1.807, 2.05) is 60.7 Å². The first-order chi connectivity index (χ1) is 10.2. The quantitative estimate of drug-likeness (QED) is 0.885. The van der Waals surface area contributed by atoms with Crippen LogP contribution in [-0.4, -0.2) is 36.1 Å². The van der Waals surface area contributed by atoms with E-state index in [0.29, 0.717) is 13.0 Å². The van der Waals surface area contributed by atoms with E-state index in [4.69, 9.17) is 5.11 Å². The van der Waals surface area contributed by atoms with Gasteiger partial charge in [-0.25, -0.2) is 0 Å². The molecule has 0 saturated carbocycles. The van der Waals surface area contributed by atoms with Crippen molar-refractivity contribution in [3.63, 3.8) is 0 Å². The number of likely N-dealkylation sites (N-methyl/N-ethyl adjacent to an activating group) is 1. The van der Waals surface area contributed by atoms with E-state index >= 15 is 0 Å². The van der Waals surface area contributed by atoms with E-state index in [0.717, 1.165) is 11.1 Å². The topological polar surface area (TPSA) is 40.5 Å². The lowest BCUT2D eigenvalue weighted by atomic mass is 9.90. The van der Waals surface area contributed by atoms with E-state index in [2.05, 4.69) is 0 Å². The molecule has 0 atom stereocenters. The number of aliphatic hydroxyl groups is 1. The fourth-order valence-corrected chi connectivity index (χ4v) is 2.41. The Hall–Kier alpha value is -2.13. The SMILES string of the molecule is CN(CCCO)C(=O)C(c1ccccc1)c1ccccc1. The molecular formula is C18H21NO2. The first-order valence-electron chi connectivity index (χ1n) is 7.19. The van der Waals surface area contributed by atoms with Gasteiger partial charge in [-0.05, 0) is 17.5 Å². The number of hydrogen-bond donors (Lipinski definition) is 1. The summed E-state index contributed by atoms with van der Waals surface area (Å²) in [5.74, 6) is -0.239. The van der Waals surface area contributed by atoms with Crippen LogP contribution in [0.1, 0.15) is 23.5 Å². The van der Waals surface area contributed by atoms with Crippen LogP contribution in [0.3, 0.4) is 0 Å². The van der Waals surface area contributed by atoms with Gasteiger partial charge in [-0.2, -0.15) is 0 Å². The fourth-order valence-electron chi connectivity index (χ4n) is 2.41. The zero-order valence-corrected chi connectivity index (χ0v) is 12.3. The molecule has 2 aromatic rings. The van der Waals surface area contributed by atoms with E-state index in [-0.39, 0.29) is 18.4 Å². The van der Waals surface area contributed by atoms with Gasteiger partial charge in [0, 0.05) is 20.2 Å². The highest BCUT2D eigenvalue weighted by Crippen LogP contribution is 2.26. The average molecular weight is 283 g/mol. The molecule has 0 heterocycles. The van der Waals surface area contributed by atoms with Gasteiger partial charge in [-0.1, -0.05) is 60.7 Å². The van der Waals surface area contributed by atoms with E-state index in [9.17, 15) is 4.79 Å². The first-order valence-corrected chi connectivity index (χ1v) is 7.19. The van der Waals surface area contributed by atoms with Gasteiger partial charge in [0.2, 0.25) is 5.91 Å². The van der Waals surface area contributed by atoms with Crippen molar-refractivity contribution < 1.29 is 9.90 Å². The molecule has 110 valence electrons. The van der Waals surface area contributed by atoms with E-state index in [1.165, 1.54) is 0 Å². The Morgan fingerprint density at radius 1 is 1.00 bits per heavy atom. The van der Waals surface area contributed by atoms with Gasteiger partial charge in [0.25, 0.3) is 0 Å². The summed E-state index contributed by atoms with van der Waals surface area (Å²) in [6.45, 7) is 0.657. The van der Waals surface area contributed by atoms with Gasteiger partial charge in [-0.15, -0.1) is 0 Å². The third-order valence-corrected chi connectivity index (χ3v) is 3.54. The summed E-state index contributed by atoms with van der Waals surface area (Å²) in [6, 6.07) is 19.6. The number of amides is 1. The minimum atomic E-state index is -0.295.